The van der Waals surface area contributed by atoms with Crippen LogP contribution in [-0.4, -0.2) is 62.0 Å². The van der Waals surface area contributed by atoms with E-state index in [1.807, 2.05) is 17.7 Å². The number of aromatic nitrogens is 3. The summed E-state index contributed by atoms with van der Waals surface area (Å²) >= 11 is 0. The molecule has 0 bridgehead atoms. The van der Waals surface area contributed by atoms with Gasteiger partial charge in [0.1, 0.15) is 12.2 Å². The minimum absolute atomic E-state index is 0.202. The Morgan fingerprint density at radius 2 is 2.27 bits per heavy atom. The normalized spacial score (nSPS) is 16.9. The quantitative estimate of drug-likeness (QED) is 0.294. The van der Waals surface area contributed by atoms with Gasteiger partial charge in [0.2, 0.25) is 10.0 Å². The minimum Gasteiger partial charge on any atom is -0.383 e. The van der Waals surface area contributed by atoms with Gasteiger partial charge >= 0.3 is 0 Å². The molecule has 2 aromatic rings. The van der Waals surface area contributed by atoms with Gasteiger partial charge < -0.3 is 15.4 Å². The lowest BCUT2D eigenvalue weighted by Crippen LogP contribution is -2.47. The molecule has 1 aromatic heterocycles. The number of sulfonamides is 1. The predicted octanol–water partition coefficient (Wildman–Crippen LogP) is 0.273. The van der Waals surface area contributed by atoms with Crippen LogP contribution in [0.15, 0.2) is 40.5 Å². The number of hydrogen-bond acceptors (Lipinski definition) is 6. The second-order valence-corrected chi connectivity index (χ2v) is 8.74. The first-order valence-corrected chi connectivity index (χ1v) is 11.5. The van der Waals surface area contributed by atoms with E-state index in [4.69, 9.17) is 4.74 Å². The molecule has 10 nitrogen and oxygen atoms in total. The van der Waals surface area contributed by atoms with Gasteiger partial charge in [0.05, 0.1) is 24.6 Å². The van der Waals surface area contributed by atoms with Crippen LogP contribution in [0.3, 0.4) is 0 Å². The molecule has 1 atom stereocenters. The molecule has 1 aliphatic rings. The Hall–Kier alpha value is -2.50. The van der Waals surface area contributed by atoms with Gasteiger partial charge in [-0.2, -0.15) is 5.10 Å². The summed E-state index contributed by atoms with van der Waals surface area (Å²) in [5.74, 6) is 1.70. The summed E-state index contributed by atoms with van der Waals surface area (Å²) in [6, 6.07) is 7.01. The minimum atomic E-state index is -3.57. The first kappa shape index (κ1) is 22.2. The Labute approximate surface area is 177 Å². The van der Waals surface area contributed by atoms with Crippen molar-refractivity contribution in [2.24, 2.45) is 4.99 Å². The Morgan fingerprint density at radius 3 is 3.07 bits per heavy atom. The molecule has 1 unspecified atom stereocenters. The summed E-state index contributed by atoms with van der Waals surface area (Å²) < 4.78 is 34.1. The monoisotopic (exact) mass is 435 g/mol. The number of nitrogens with zero attached hydrogens (tertiary/aromatic N) is 4. The van der Waals surface area contributed by atoms with E-state index in [2.05, 4.69) is 30.4 Å². The lowest BCUT2D eigenvalue weighted by Gasteiger charge is -2.25. The van der Waals surface area contributed by atoms with Crippen LogP contribution >= 0.6 is 0 Å². The zero-order valence-corrected chi connectivity index (χ0v) is 18.2. The lowest BCUT2D eigenvalue weighted by atomic mass is 10.1. The molecule has 0 saturated heterocycles. The van der Waals surface area contributed by atoms with Crippen molar-refractivity contribution >= 4 is 16.0 Å². The standard InChI is InChI=1S/C19H29N7O3S/c1-3-20-19(25-16-7-8-18-22-14-23-26(18)13-16)21-12-15-5-4-6-17(11-15)30(27,28)24-9-10-29-2/h4-6,11,14,16,24H,3,7-10,12-13H2,1-2H3,(H2,20,21,25). The average Bonchev–Trinajstić information content (AvgIpc) is 3.20. The summed E-state index contributed by atoms with van der Waals surface area (Å²) in [7, 11) is -2.05. The van der Waals surface area contributed by atoms with Crippen molar-refractivity contribution in [2.45, 2.75) is 43.8 Å². The van der Waals surface area contributed by atoms with E-state index in [0.717, 1.165) is 37.3 Å². The molecule has 2 heterocycles. The third-order valence-corrected chi connectivity index (χ3v) is 6.18. The molecule has 3 N–H and O–H groups in total. The van der Waals surface area contributed by atoms with Crippen LogP contribution in [0.2, 0.25) is 0 Å². The zero-order chi connectivity index (χ0) is 21.4. The molecule has 0 aliphatic carbocycles. The molecule has 1 aliphatic heterocycles. The van der Waals surface area contributed by atoms with Gasteiger partial charge in [0, 0.05) is 32.7 Å². The van der Waals surface area contributed by atoms with E-state index in [1.165, 1.54) is 7.11 Å². The Morgan fingerprint density at radius 1 is 1.40 bits per heavy atom. The molecule has 0 fully saturated rings. The van der Waals surface area contributed by atoms with E-state index < -0.39 is 10.0 Å². The van der Waals surface area contributed by atoms with Gasteiger partial charge in [0.25, 0.3) is 0 Å². The third-order valence-electron chi connectivity index (χ3n) is 4.72. The number of guanidine groups is 1. The van der Waals surface area contributed by atoms with Crippen molar-refractivity contribution in [1.82, 2.24) is 30.1 Å². The molecule has 3 rings (SSSR count). The lowest BCUT2D eigenvalue weighted by molar-refractivity contribution is 0.204. The number of nitrogens with one attached hydrogen (secondary N) is 3. The molecule has 0 spiro atoms. The topological polar surface area (TPSA) is 123 Å². The molecular weight excluding hydrogens is 406 g/mol. The fraction of sp³-hybridized carbons (Fsp3) is 0.526. The van der Waals surface area contributed by atoms with Gasteiger partial charge in [-0.25, -0.2) is 27.8 Å². The number of fused-ring (bicyclic) bond motifs is 1. The molecule has 30 heavy (non-hydrogen) atoms. The number of aliphatic imine (C=N–C) groups is 1. The second kappa shape index (κ2) is 10.5. The highest BCUT2D eigenvalue weighted by molar-refractivity contribution is 7.89. The van der Waals surface area contributed by atoms with Crippen LogP contribution in [0.1, 0.15) is 24.7 Å². The molecular formula is C19H29N7O3S. The molecule has 1 aromatic carbocycles. The number of hydrogen-bond donors (Lipinski definition) is 3. The van der Waals surface area contributed by atoms with Crippen LogP contribution in [0.25, 0.3) is 0 Å². The van der Waals surface area contributed by atoms with E-state index in [9.17, 15) is 8.42 Å². The van der Waals surface area contributed by atoms with Crippen molar-refractivity contribution in [3.05, 3.63) is 42.0 Å². The highest BCUT2D eigenvalue weighted by Gasteiger charge is 2.20. The van der Waals surface area contributed by atoms with Crippen LogP contribution in [0.4, 0.5) is 0 Å². The van der Waals surface area contributed by atoms with Gasteiger partial charge in [-0.05, 0) is 31.0 Å². The second-order valence-electron chi connectivity index (χ2n) is 6.97. The Kier molecular flexibility index (Phi) is 7.77. The van der Waals surface area contributed by atoms with Crippen LogP contribution in [0, 0.1) is 0 Å². The van der Waals surface area contributed by atoms with E-state index in [0.29, 0.717) is 19.1 Å². The van der Waals surface area contributed by atoms with Gasteiger partial charge in [-0.1, -0.05) is 12.1 Å². The number of aryl methyl sites for hydroxylation is 1. The van der Waals surface area contributed by atoms with Crippen LogP contribution in [0.5, 0.6) is 0 Å². The van der Waals surface area contributed by atoms with Gasteiger partial charge in [-0.15, -0.1) is 0 Å². The fourth-order valence-electron chi connectivity index (χ4n) is 3.21. The zero-order valence-electron chi connectivity index (χ0n) is 17.3. The summed E-state index contributed by atoms with van der Waals surface area (Å²) in [6.07, 6.45) is 3.40. The molecule has 164 valence electrons. The highest BCUT2D eigenvalue weighted by atomic mass is 32.2. The number of ether oxygens (including phenoxy) is 1. The first-order valence-electron chi connectivity index (χ1n) is 10.0. The van der Waals surface area contributed by atoms with Crippen molar-refractivity contribution in [2.75, 3.05) is 26.8 Å². The Bertz CT molecular complexity index is 959. The maximum atomic E-state index is 12.4. The number of rotatable bonds is 9. The maximum Gasteiger partial charge on any atom is 0.240 e. The van der Waals surface area contributed by atoms with E-state index in [1.54, 1.807) is 24.5 Å². The van der Waals surface area contributed by atoms with E-state index in [-0.39, 0.29) is 17.5 Å². The van der Waals surface area contributed by atoms with Crippen LogP contribution in [-0.2, 0) is 34.3 Å². The van der Waals surface area contributed by atoms with E-state index >= 15 is 0 Å². The molecule has 0 amide bonds. The van der Waals surface area contributed by atoms with Crippen molar-refractivity contribution < 1.29 is 13.2 Å². The molecule has 11 heteroatoms. The molecule has 0 saturated carbocycles. The van der Waals surface area contributed by atoms with Crippen molar-refractivity contribution in [3.8, 4) is 0 Å². The Balaban J connectivity index is 1.65. The smallest absolute Gasteiger partial charge is 0.240 e. The van der Waals surface area contributed by atoms with Crippen molar-refractivity contribution in [1.29, 1.82) is 0 Å². The fourth-order valence-corrected chi connectivity index (χ4v) is 4.29. The summed E-state index contributed by atoms with van der Waals surface area (Å²) in [6.45, 7) is 4.37. The number of methoxy groups -OCH3 is 1. The molecule has 0 radical (unpaired) electrons. The summed E-state index contributed by atoms with van der Waals surface area (Å²) in [4.78, 5) is 9.10. The first-order chi connectivity index (χ1) is 14.5. The average molecular weight is 436 g/mol. The third kappa shape index (κ3) is 6.00. The predicted molar refractivity (Wildman–Crippen MR) is 114 cm³/mol. The highest BCUT2D eigenvalue weighted by Crippen LogP contribution is 2.13. The maximum absolute atomic E-state index is 12.4. The largest absolute Gasteiger partial charge is 0.383 e. The van der Waals surface area contributed by atoms with Gasteiger partial charge in [0.15, 0.2) is 5.96 Å². The van der Waals surface area contributed by atoms with Crippen molar-refractivity contribution in [3.63, 3.8) is 0 Å². The van der Waals surface area contributed by atoms with Gasteiger partial charge in [-0.3, -0.25) is 0 Å². The summed E-state index contributed by atoms with van der Waals surface area (Å²) in [5, 5.41) is 10.9. The van der Waals surface area contributed by atoms with Crippen LogP contribution < -0.4 is 15.4 Å². The summed E-state index contributed by atoms with van der Waals surface area (Å²) in [5.41, 5.74) is 0.809. The SMILES string of the molecule is CCNC(=NCc1cccc(S(=O)(=O)NCCOC)c1)NC1CCc2ncnn2C1. The number of benzene rings is 1.